The monoisotopic (exact) mass is 382 g/mol. The van der Waals surface area contributed by atoms with Gasteiger partial charge in [-0.2, -0.15) is 0 Å². The topological polar surface area (TPSA) is 34.3 Å². The first kappa shape index (κ1) is 18.7. The first-order valence-corrected chi connectivity index (χ1v) is 16.7. The zero-order valence-electron chi connectivity index (χ0n) is 17.1. The van der Waals surface area contributed by atoms with Crippen LogP contribution in [-0.4, -0.2) is 41.1 Å². The van der Waals surface area contributed by atoms with Crippen LogP contribution >= 0.6 is 0 Å². The van der Waals surface area contributed by atoms with Gasteiger partial charge in [-0.3, -0.25) is 0 Å². The summed E-state index contributed by atoms with van der Waals surface area (Å²) < 4.78 is 18.7. The summed E-state index contributed by atoms with van der Waals surface area (Å²) in [6.45, 7) is 14.9. The standard InChI is InChI=1S/C20H38O3Si2/c1-13(15-7-9-17-19(11-15)21-17)24(3,4)23-25(5,6)14(2)16-8-10-18-20(12-16)22-18/h13-20H,7-12H2,1-6H3/t13-,14-,15-,16-,17-,18+,19-,20-/m1/s1. The molecule has 0 aromatic carbocycles. The second-order valence-corrected chi connectivity index (χ2v) is 19.5. The van der Waals surface area contributed by atoms with E-state index in [1.165, 1.54) is 38.5 Å². The molecule has 0 spiro atoms. The molecule has 0 bridgehead atoms. The van der Waals surface area contributed by atoms with Crippen molar-refractivity contribution < 1.29 is 13.6 Å². The quantitative estimate of drug-likeness (QED) is 0.460. The van der Waals surface area contributed by atoms with Crippen LogP contribution in [0.5, 0.6) is 0 Å². The van der Waals surface area contributed by atoms with Crippen LogP contribution in [0.4, 0.5) is 0 Å². The Bertz CT molecular complexity index is 465. The molecular formula is C20H38O3Si2. The maximum absolute atomic E-state index is 7.15. The van der Waals surface area contributed by atoms with Gasteiger partial charge in [0.05, 0.1) is 24.4 Å². The minimum atomic E-state index is -1.70. The summed E-state index contributed by atoms with van der Waals surface area (Å²) in [6.07, 6.45) is 10.2. The molecule has 0 unspecified atom stereocenters. The summed E-state index contributed by atoms with van der Waals surface area (Å²) in [7, 11) is -3.40. The van der Waals surface area contributed by atoms with E-state index in [1.807, 2.05) is 0 Å². The Labute approximate surface area is 156 Å². The van der Waals surface area contributed by atoms with Gasteiger partial charge in [0.2, 0.25) is 0 Å². The van der Waals surface area contributed by atoms with Crippen molar-refractivity contribution in [2.24, 2.45) is 11.8 Å². The molecule has 25 heavy (non-hydrogen) atoms. The maximum Gasteiger partial charge on any atom is 0.176 e. The highest BCUT2D eigenvalue weighted by Crippen LogP contribution is 2.50. The van der Waals surface area contributed by atoms with Crippen LogP contribution in [-0.2, 0) is 13.6 Å². The molecule has 2 aliphatic heterocycles. The predicted molar refractivity (Wildman–Crippen MR) is 107 cm³/mol. The fraction of sp³-hybridized carbons (Fsp3) is 1.00. The summed E-state index contributed by atoms with van der Waals surface area (Å²) in [6, 6.07) is 0. The molecule has 0 aromatic heterocycles. The number of hydrogen-bond donors (Lipinski definition) is 0. The lowest BCUT2D eigenvalue weighted by molar-refractivity contribution is 0.329. The molecule has 0 radical (unpaired) electrons. The van der Waals surface area contributed by atoms with Crippen molar-refractivity contribution in [1.29, 1.82) is 0 Å². The average Bonchev–Trinajstić information content (AvgIpc) is 3.43. The zero-order chi connectivity index (χ0) is 18.0. The van der Waals surface area contributed by atoms with Crippen LogP contribution < -0.4 is 0 Å². The van der Waals surface area contributed by atoms with Crippen molar-refractivity contribution >= 4 is 16.6 Å². The molecule has 0 N–H and O–H groups in total. The van der Waals surface area contributed by atoms with Gasteiger partial charge in [0.15, 0.2) is 16.6 Å². The molecule has 4 rings (SSSR count). The van der Waals surface area contributed by atoms with Gasteiger partial charge in [0.1, 0.15) is 0 Å². The van der Waals surface area contributed by atoms with Crippen LogP contribution in [0.3, 0.4) is 0 Å². The van der Waals surface area contributed by atoms with Crippen LogP contribution in [0.2, 0.25) is 37.3 Å². The molecule has 2 saturated carbocycles. The Balaban J connectivity index is 1.37. The van der Waals surface area contributed by atoms with Crippen LogP contribution in [0, 0.1) is 11.8 Å². The van der Waals surface area contributed by atoms with Crippen molar-refractivity contribution in [2.75, 3.05) is 0 Å². The molecule has 0 amide bonds. The fourth-order valence-corrected chi connectivity index (χ4v) is 15.6. The lowest BCUT2D eigenvalue weighted by Crippen LogP contribution is -2.52. The maximum atomic E-state index is 7.15. The van der Waals surface area contributed by atoms with E-state index >= 15 is 0 Å². The smallest absolute Gasteiger partial charge is 0.176 e. The van der Waals surface area contributed by atoms with Gasteiger partial charge in [-0.05, 0) is 87.6 Å². The third kappa shape index (κ3) is 3.82. The van der Waals surface area contributed by atoms with Crippen molar-refractivity contribution in [3.63, 3.8) is 0 Å². The Morgan fingerprint density at radius 2 is 1.08 bits per heavy atom. The van der Waals surface area contributed by atoms with E-state index in [1.54, 1.807) is 0 Å². The fourth-order valence-electron chi connectivity index (χ4n) is 5.78. The summed E-state index contributed by atoms with van der Waals surface area (Å²) in [5.41, 5.74) is 1.47. The Hall–Kier alpha value is 0.314. The van der Waals surface area contributed by atoms with Gasteiger partial charge in [-0.25, -0.2) is 0 Å². The van der Waals surface area contributed by atoms with E-state index in [2.05, 4.69) is 40.0 Å². The number of epoxide rings is 2. The van der Waals surface area contributed by atoms with E-state index in [0.717, 1.165) is 22.9 Å². The molecule has 4 fully saturated rings. The van der Waals surface area contributed by atoms with E-state index in [0.29, 0.717) is 24.4 Å². The highest BCUT2D eigenvalue weighted by molar-refractivity contribution is 6.86. The van der Waals surface area contributed by atoms with Crippen molar-refractivity contribution in [2.45, 2.75) is 114 Å². The van der Waals surface area contributed by atoms with E-state index in [9.17, 15) is 0 Å². The normalized spacial score (nSPS) is 43.0. The third-order valence-electron chi connectivity index (χ3n) is 8.22. The van der Waals surface area contributed by atoms with Gasteiger partial charge in [-0.15, -0.1) is 0 Å². The summed E-state index contributed by atoms with van der Waals surface area (Å²) >= 11 is 0. The lowest BCUT2D eigenvalue weighted by atomic mass is 9.87. The first-order valence-electron chi connectivity index (χ1n) is 10.7. The Morgan fingerprint density at radius 1 is 0.680 bits per heavy atom. The summed E-state index contributed by atoms with van der Waals surface area (Å²) in [5, 5.41) is 0. The molecule has 5 heteroatoms. The lowest BCUT2D eigenvalue weighted by Gasteiger charge is -2.45. The number of ether oxygens (including phenoxy) is 2. The second-order valence-electron chi connectivity index (χ2n) is 10.5. The highest BCUT2D eigenvalue weighted by Gasteiger charge is 2.51. The van der Waals surface area contributed by atoms with Crippen LogP contribution in [0.1, 0.15) is 52.4 Å². The molecule has 2 saturated heterocycles. The largest absolute Gasteiger partial charge is 0.455 e. The molecule has 4 aliphatic rings. The zero-order valence-corrected chi connectivity index (χ0v) is 19.1. The van der Waals surface area contributed by atoms with Crippen molar-refractivity contribution in [3.05, 3.63) is 0 Å². The molecule has 2 aliphatic carbocycles. The van der Waals surface area contributed by atoms with Gasteiger partial charge < -0.3 is 13.6 Å². The van der Waals surface area contributed by atoms with E-state index in [4.69, 9.17) is 13.6 Å². The number of hydrogen-bond acceptors (Lipinski definition) is 3. The molecule has 3 nitrogen and oxygen atoms in total. The Kier molecular flexibility index (Phi) is 4.81. The first-order chi connectivity index (χ1) is 11.7. The van der Waals surface area contributed by atoms with Crippen molar-refractivity contribution in [3.8, 4) is 0 Å². The second kappa shape index (κ2) is 6.44. The molecule has 2 heterocycles. The minimum Gasteiger partial charge on any atom is -0.455 e. The third-order valence-corrected chi connectivity index (χ3v) is 17.8. The summed E-state index contributed by atoms with van der Waals surface area (Å²) in [4.78, 5) is 0. The van der Waals surface area contributed by atoms with Gasteiger partial charge in [0.25, 0.3) is 0 Å². The molecule has 8 atom stereocenters. The average molecular weight is 383 g/mol. The summed E-state index contributed by atoms with van der Waals surface area (Å²) in [5.74, 6) is 1.64. The van der Waals surface area contributed by atoms with Gasteiger partial charge >= 0.3 is 0 Å². The van der Waals surface area contributed by atoms with E-state index < -0.39 is 16.6 Å². The predicted octanol–water partition coefficient (Wildman–Crippen LogP) is 5.33. The minimum absolute atomic E-state index is 0.587. The van der Waals surface area contributed by atoms with Crippen LogP contribution in [0.15, 0.2) is 0 Å². The molecule has 0 aromatic rings. The molecular weight excluding hydrogens is 344 g/mol. The van der Waals surface area contributed by atoms with Crippen molar-refractivity contribution in [1.82, 2.24) is 0 Å². The number of rotatable bonds is 6. The van der Waals surface area contributed by atoms with Gasteiger partial charge in [-0.1, -0.05) is 13.8 Å². The van der Waals surface area contributed by atoms with Gasteiger partial charge in [0, 0.05) is 0 Å². The highest BCUT2D eigenvalue weighted by atomic mass is 28.4. The van der Waals surface area contributed by atoms with Crippen LogP contribution in [0.25, 0.3) is 0 Å². The SMILES string of the molecule is C[C@H]([C@@H]1CC[C@@H]2O[C@@H]2C1)[Si](C)(C)O[Si](C)(C)[C@H](C)[C@@H]1CC[C@H]2O[C@@H]2C1. The number of fused-ring (bicyclic) bond motifs is 2. The van der Waals surface area contributed by atoms with E-state index in [-0.39, 0.29) is 0 Å². The Morgan fingerprint density at radius 3 is 1.44 bits per heavy atom. The molecule has 144 valence electrons.